The summed E-state index contributed by atoms with van der Waals surface area (Å²) in [6.45, 7) is 11.4. The van der Waals surface area contributed by atoms with Crippen LogP contribution in [0.4, 0.5) is 0 Å². The fourth-order valence-corrected chi connectivity index (χ4v) is 8.06. The summed E-state index contributed by atoms with van der Waals surface area (Å²) in [6.07, 6.45) is 6.79. The molecular weight excluding hydrogens is 697 g/mol. The summed E-state index contributed by atoms with van der Waals surface area (Å²) in [6, 6.07) is 15.9. The number of hydrogen-bond donors (Lipinski definition) is 5. The molecule has 2 aromatic heterocycles. The molecule has 55 heavy (non-hydrogen) atoms. The number of ether oxygens (including phenoxy) is 2. The Kier molecular flexibility index (Phi) is 10.7. The van der Waals surface area contributed by atoms with Gasteiger partial charge in [0.05, 0.1) is 48.5 Å². The molecule has 4 aliphatic heterocycles. The van der Waals surface area contributed by atoms with Gasteiger partial charge in [-0.15, -0.1) is 0 Å². The predicted molar refractivity (Wildman–Crippen MR) is 209 cm³/mol. The zero-order valence-corrected chi connectivity index (χ0v) is 32.0. The van der Waals surface area contributed by atoms with Gasteiger partial charge in [-0.1, -0.05) is 76.2 Å². The Bertz CT molecular complexity index is 1980. The lowest BCUT2D eigenvalue weighted by molar-refractivity contribution is -0.335. The summed E-state index contributed by atoms with van der Waals surface area (Å²) < 4.78 is 10.7. The average Bonchev–Trinajstić information content (AvgIpc) is 4.02. The Labute approximate surface area is 321 Å². The van der Waals surface area contributed by atoms with E-state index in [4.69, 9.17) is 19.4 Å². The van der Waals surface area contributed by atoms with E-state index in [1.807, 2.05) is 36.0 Å². The second kappa shape index (κ2) is 16.0. The monoisotopic (exact) mass is 748 g/mol. The van der Waals surface area contributed by atoms with E-state index in [0.29, 0.717) is 19.0 Å². The van der Waals surface area contributed by atoms with E-state index in [1.54, 1.807) is 0 Å². The van der Waals surface area contributed by atoms with Gasteiger partial charge in [-0.05, 0) is 59.8 Å². The van der Waals surface area contributed by atoms with Crippen molar-refractivity contribution in [2.24, 2.45) is 16.8 Å². The highest BCUT2D eigenvalue weighted by Crippen LogP contribution is 2.35. The summed E-state index contributed by atoms with van der Waals surface area (Å²) in [5.41, 5.74) is 6.11. The second-order valence-electron chi connectivity index (χ2n) is 15.6. The number of likely N-dealkylation sites (tertiary alicyclic amines) is 2. The van der Waals surface area contributed by atoms with Crippen LogP contribution in [0.25, 0.3) is 33.6 Å². The fraction of sp³-hybridized carbons (Fsp3) is 0.488. The van der Waals surface area contributed by atoms with E-state index >= 15 is 0 Å². The molecule has 0 radical (unpaired) electrons. The highest BCUT2D eigenvalue weighted by molar-refractivity contribution is 5.90. The lowest BCUT2D eigenvalue weighted by atomic mass is 10.0. The first-order valence-corrected chi connectivity index (χ1v) is 19.7. The van der Waals surface area contributed by atoms with Gasteiger partial charge in [0, 0.05) is 19.6 Å². The van der Waals surface area contributed by atoms with Crippen molar-refractivity contribution >= 4 is 17.8 Å². The van der Waals surface area contributed by atoms with Gasteiger partial charge in [-0.3, -0.25) is 19.9 Å². The molecule has 0 aliphatic carbocycles. The van der Waals surface area contributed by atoms with Crippen LogP contribution >= 0.6 is 0 Å². The number of rotatable bonds is 12. The largest absolute Gasteiger partial charge is 0.355 e. The van der Waals surface area contributed by atoms with Gasteiger partial charge in [0.1, 0.15) is 17.7 Å². The van der Waals surface area contributed by atoms with Gasteiger partial charge in [-0.2, -0.15) is 0 Å². The molecule has 14 heteroatoms. The molecule has 0 spiro atoms. The maximum atomic E-state index is 13.8. The van der Waals surface area contributed by atoms with Gasteiger partial charge in [0.15, 0.2) is 12.8 Å². The van der Waals surface area contributed by atoms with Crippen molar-refractivity contribution < 1.29 is 19.1 Å². The number of imidazole rings is 2. The van der Waals surface area contributed by atoms with Crippen LogP contribution in [-0.4, -0.2) is 99.0 Å². The molecule has 14 nitrogen and oxygen atoms in total. The number of carbonyl (C=O) groups is 2. The third-order valence-electron chi connectivity index (χ3n) is 11.2. The number of guanidine groups is 1. The number of nitrogens with zero attached hydrogens (tertiary/aromatic N) is 5. The van der Waals surface area contributed by atoms with Gasteiger partial charge < -0.3 is 39.9 Å². The van der Waals surface area contributed by atoms with E-state index in [-0.39, 0.29) is 48.6 Å². The van der Waals surface area contributed by atoms with Gasteiger partial charge in [0.2, 0.25) is 18.2 Å². The van der Waals surface area contributed by atoms with Gasteiger partial charge >= 0.3 is 0 Å². The number of aliphatic imine (C=N–C) groups is 1. The van der Waals surface area contributed by atoms with Crippen molar-refractivity contribution in [2.45, 2.75) is 84.0 Å². The number of benzene rings is 2. The first kappa shape index (κ1) is 36.9. The van der Waals surface area contributed by atoms with Crippen LogP contribution in [0.1, 0.15) is 77.1 Å². The van der Waals surface area contributed by atoms with Crippen LogP contribution < -0.4 is 16.0 Å². The Morgan fingerprint density at radius 3 is 1.65 bits per heavy atom. The Morgan fingerprint density at radius 1 is 0.727 bits per heavy atom. The number of aromatic nitrogens is 4. The predicted octanol–water partition coefficient (Wildman–Crippen LogP) is 4.94. The Hall–Kier alpha value is -5.05. The highest BCUT2D eigenvalue weighted by atomic mass is 16.9. The standard InChI is InChI=1S/C41H52N10O4/c1-24(2)34(48-40-42-17-18-43-40)38(52)50-19-5-7-32(50)36-44-21-30(46-36)28-13-9-26(10-14-28)27-11-15-29(16-12-27)31-22-45-37(47-31)33-8-6-20-51(33)39(53)35(25(3)4)49-41-54-23-55-41/h9-16,21-22,24-25,32-35,41,49H,5-8,17-20,23H2,1-4H3,(H,44,46)(H,45,47)(H2,42,43,48)/t32-,33-,34-,35-/m0/s1. The molecule has 3 saturated heterocycles. The summed E-state index contributed by atoms with van der Waals surface area (Å²) in [5.74, 6) is 2.65. The summed E-state index contributed by atoms with van der Waals surface area (Å²) in [5, 5.41) is 9.78. The minimum absolute atomic E-state index is 0.0435. The molecule has 4 aromatic rings. The molecule has 5 N–H and O–H groups in total. The van der Waals surface area contributed by atoms with Crippen molar-refractivity contribution in [1.82, 2.24) is 45.7 Å². The molecule has 0 saturated carbocycles. The van der Waals surface area contributed by atoms with Gasteiger partial charge in [0.25, 0.3) is 0 Å². The topological polar surface area (TPSA) is 165 Å². The molecule has 2 aromatic carbocycles. The molecule has 3 fully saturated rings. The van der Waals surface area contributed by atoms with Crippen molar-refractivity contribution in [3.05, 3.63) is 72.6 Å². The summed E-state index contributed by atoms with van der Waals surface area (Å²) >= 11 is 0. The SMILES string of the molecule is CC(C)[C@H](NC1=NCCN1)C(=O)N1CCC[C@H]1c1ncc(-c2ccc(-c3ccc(-c4cnc([C@@H]5CCCN5C(=O)[C@@H](NC5OCO5)C(C)C)[nH]4)cc3)cc2)[nH]1. The molecule has 4 aliphatic rings. The number of carbonyl (C=O) groups excluding carboxylic acids is 2. The molecule has 8 rings (SSSR count). The fourth-order valence-electron chi connectivity index (χ4n) is 8.06. The van der Waals surface area contributed by atoms with Crippen LogP contribution in [0, 0.1) is 11.8 Å². The average molecular weight is 749 g/mol. The molecule has 2 amide bonds. The van der Waals surface area contributed by atoms with E-state index in [0.717, 1.165) is 84.1 Å². The van der Waals surface area contributed by atoms with E-state index in [9.17, 15) is 9.59 Å². The van der Waals surface area contributed by atoms with Crippen molar-refractivity contribution in [2.75, 3.05) is 33.0 Å². The van der Waals surface area contributed by atoms with E-state index in [2.05, 4.69) is 93.3 Å². The first-order valence-electron chi connectivity index (χ1n) is 19.7. The first-order chi connectivity index (χ1) is 26.7. The quantitative estimate of drug-likeness (QED) is 0.135. The smallest absolute Gasteiger partial charge is 0.246 e. The number of H-pyrrole nitrogens is 2. The third kappa shape index (κ3) is 7.76. The maximum absolute atomic E-state index is 13.8. The molecule has 0 bridgehead atoms. The second-order valence-corrected chi connectivity index (χ2v) is 15.6. The van der Waals surface area contributed by atoms with Crippen LogP contribution in [0.5, 0.6) is 0 Å². The maximum Gasteiger partial charge on any atom is 0.246 e. The Balaban J connectivity index is 0.907. The number of nitrogens with one attached hydrogen (secondary N) is 5. The van der Waals surface area contributed by atoms with Gasteiger partial charge in [-0.25, -0.2) is 9.97 Å². The Morgan fingerprint density at radius 2 is 1.22 bits per heavy atom. The minimum Gasteiger partial charge on any atom is -0.355 e. The molecular formula is C41H52N10O4. The summed E-state index contributed by atoms with van der Waals surface area (Å²) in [7, 11) is 0. The lowest BCUT2D eigenvalue weighted by Gasteiger charge is -2.35. The van der Waals surface area contributed by atoms with Crippen molar-refractivity contribution in [3.63, 3.8) is 0 Å². The van der Waals surface area contributed by atoms with E-state index < -0.39 is 12.5 Å². The van der Waals surface area contributed by atoms with Crippen LogP contribution in [0.15, 0.2) is 65.9 Å². The lowest BCUT2D eigenvalue weighted by Crippen LogP contribution is -2.56. The number of amides is 2. The third-order valence-corrected chi connectivity index (χ3v) is 11.2. The molecule has 0 unspecified atom stereocenters. The molecule has 4 atom stereocenters. The van der Waals surface area contributed by atoms with Crippen LogP contribution in [0.2, 0.25) is 0 Å². The minimum atomic E-state index is -0.535. The normalized spacial score (nSPS) is 21.2. The number of hydrogen-bond acceptors (Lipinski definition) is 10. The zero-order valence-electron chi connectivity index (χ0n) is 32.0. The molecule has 6 heterocycles. The van der Waals surface area contributed by atoms with Crippen molar-refractivity contribution in [3.8, 4) is 33.6 Å². The zero-order chi connectivity index (χ0) is 38.1. The number of aromatic amines is 2. The highest BCUT2D eigenvalue weighted by Gasteiger charge is 2.39. The van der Waals surface area contributed by atoms with Crippen molar-refractivity contribution in [1.29, 1.82) is 0 Å². The van der Waals surface area contributed by atoms with E-state index in [1.165, 1.54) is 0 Å². The van der Waals surface area contributed by atoms with Crippen LogP contribution in [-0.2, 0) is 19.1 Å². The summed E-state index contributed by atoms with van der Waals surface area (Å²) in [4.78, 5) is 52.3. The van der Waals surface area contributed by atoms with Crippen LogP contribution in [0.3, 0.4) is 0 Å². The molecule has 290 valence electrons.